The van der Waals surface area contributed by atoms with Crippen LogP contribution in [-0.2, 0) is 17.8 Å². The molecule has 5 heteroatoms. The number of ether oxygens (including phenoxy) is 1. The van der Waals surface area contributed by atoms with Crippen molar-refractivity contribution in [3.05, 3.63) is 47.7 Å². The number of rotatable bonds is 5. The second kappa shape index (κ2) is 6.07. The Labute approximate surface area is 106 Å². The normalized spacial score (nSPS) is 10.3. The zero-order valence-electron chi connectivity index (χ0n) is 10.6. The van der Waals surface area contributed by atoms with E-state index in [1.54, 1.807) is 13.3 Å². The van der Waals surface area contributed by atoms with Gasteiger partial charge < -0.3 is 10.1 Å². The summed E-state index contributed by atoms with van der Waals surface area (Å²) < 4.78 is 5.07. The molecule has 0 fully saturated rings. The summed E-state index contributed by atoms with van der Waals surface area (Å²) in [6.07, 6.45) is 4.35. The number of anilines is 1. The topological polar surface area (TPSA) is 59.9 Å². The fraction of sp³-hybridized carbons (Fsp3) is 0.308. The molecule has 2 aromatic heterocycles. The average Bonchev–Trinajstić information content (AvgIpc) is 2.40. The third kappa shape index (κ3) is 3.24. The number of pyridine rings is 1. The Morgan fingerprint density at radius 3 is 2.89 bits per heavy atom. The monoisotopic (exact) mass is 244 g/mol. The maximum absolute atomic E-state index is 5.07. The lowest BCUT2D eigenvalue weighted by atomic mass is 10.1. The van der Waals surface area contributed by atoms with Gasteiger partial charge in [0.15, 0.2) is 5.82 Å². The van der Waals surface area contributed by atoms with Crippen molar-refractivity contribution in [2.45, 2.75) is 13.0 Å². The summed E-state index contributed by atoms with van der Waals surface area (Å²) in [5.74, 6) is 1.49. The van der Waals surface area contributed by atoms with Crippen LogP contribution in [0.5, 0.6) is 0 Å². The zero-order chi connectivity index (χ0) is 12.8. The van der Waals surface area contributed by atoms with E-state index >= 15 is 0 Å². The summed E-state index contributed by atoms with van der Waals surface area (Å²) in [4.78, 5) is 12.9. The van der Waals surface area contributed by atoms with Crippen LogP contribution in [0.25, 0.3) is 0 Å². The Balaban J connectivity index is 2.24. The molecule has 0 unspecified atom stereocenters. The summed E-state index contributed by atoms with van der Waals surface area (Å²) in [5.41, 5.74) is 2.08. The van der Waals surface area contributed by atoms with Crippen LogP contribution in [0.3, 0.4) is 0 Å². The number of methoxy groups -OCH3 is 1. The van der Waals surface area contributed by atoms with Gasteiger partial charge in [0.05, 0.1) is 5.69 Å². The third-order valence-electron chi connectivity index (χ3n) is 2.46. The summed E-state index contributed by atoms with van der Waals surface area (Å²) >= 11 is 0. The predicted octanol–water partition coefficient (Wildman–Crippen LogP) is 1.65. The van der Waals surface area contributed by atoms with E-state index in [4.69, 9.17) is 4.74 Å². The smallest absolute Gasteiger partial charge is 0.156 e. The summed E-state index contributed by atoms with van der Waals surface area (Å²) in [6, 6.07) is 5.89. The van der Waals surface area contributed by atoms with Crippen LogP contribution in [0.4, 0.5) is 5.82 Å². The van der Waals surface area contributed by atoms with Gasteiger partial charge in [-0.2, -0.15) is 0 Å². The zero-order valence-corrected chi connectivity index (χ0v) is 10.6. The van der Waals surface area contributed by atoms with Gasteiger partial charge in [0.25, 0.3) is 0 Å². The maximum Gasteiger partial charge on any atom is 0.156 e. The van der Waals surface area contributed by atoms with Gasteiger partial charge in [0, 0.05) is 39.0 Å². The number of nitrogens with one attached hydrogen (secondary N) is 1. The Morgan fingerprint density at radius 2 is 2.22 bits per heavy atom. The van der Waals surface area contributed by atoms with Gasteiger partial charge in [-0.25, -0.2) is 9.97 Å². The molecule has 2 aromatic rings. The third-order valence-corrected chi connectivity index (χ3v) is 2.46. The Kier molecular flexibility index (Phi) is 4.20. The lowest BCUT2D eigenvalue weighted by Gasteiger charge is -2.07. The molecule has 94 valence electrons. The molecule has 0 radical (unpaired) electrons. The lowest BCUT2D eigenvalue weighted by molar-refractivity contribution is 0.177. The van der Waals surface area contributed by atoms with Gasteiger partial charge in [-0.05, 0) is 11.6 Å². The van der Waals surface area contributed by atoms with E-state index in [2.05, 4.69) is 20.3 Å². The van der Waals surface area contributed by atoms with E-state index in [1.165, 1.54) is 0 Å². The van der Waals surface area contributed by atoms with Crippen LogP contribution >= 0.6 is 0 Å². The largest absolute Gasteiger partial charge is 0.377 e. The molecular formula is C13H16N4O. The van der Waals surface area contributed by atoms with Gasteiger partial charge in [-0.3, -0.25) is 4.98 Å². The highest BCUT2D eigenvalue weighted by atomic mass is 16.5. The SMILES string of the molecule is CNc1cc(Cc2cccnc2)nc(COC)n1. The molecule has 18 heavy (non-hydrogen) atoms. The number of hydrogen-bond acceptors (Lipinski definition) is 5. The first-order valence-electron chi connectivity index (χ1n) is 5.74. The minimum Gasteiger partial charge on any atom is -0.377 e. The van der Waals surface area contributed by atoms with Crippen LogP contribution in [0.1, 0.15) is 17.1 Å². The Bertz CT molecular complexity index is 502. The molecule has 0 spiro atoms. The van der Waals surface area contributed by atoms with Crippen molar-refractivity contribution >= 4 is 5.82 Å². The molecule has 1 N–H and O–H groups in total. The molecule has 0 aliphatic rings. The summed E-state index contributed by atoms with van der Waals surface area (Å²) in [5, 5.41) is 3.03. The summed E-state index contributed by atoms with van der Waals surface area (Å²) in [6.45, 7) is 0.412. The molecule has 0 aromatic carbocycles. The Hall–Kier alpha value is -2.01. The molecule has 0 aliphatic heterocycles. The van der Waals surface area contributed by atoms with Crippen LogP contribution in [0, 0.1) is 0 Å². The van der Waals surface area contributed by atoms with E-state index in [0.29, 0.717) is 12.4 Å². The second-order valence-corrected chi connectivity index (χ2v) is 3.88. The molecule has 0 bridgehead atoms. The van der Waals surface area contributed by atoms with E-state index in [9.17, 15) is 0 Å². The fourth-order valence-corrected chi connectivity index (χ4v) is 1.68. The minimum absolute atomic E-state index is 0.412. The first-order valence-corrected chi connectivity index (χ1v) is 5.74. The van der Waals surface area contributed by atoms with Crippen LogP contribution < -0.4 is 5.32 Å². The standard InChI is InChI=1S/C13H16N4O/c1-14-12-7-11(16-13(17-12)9-18-2)6-10-4-3-5-15-8-10/h3-5,7-8H,6,9H2,1-2H3,(H,14,16,17). The van der Waals surface area contributed by atoms with Gasteiger partial charge >= 0.3 is 0 Å². The van der Waals surface area contributed by atoms with E-state index in [-0.39, 0.29) is 0 Å². The van der Waals surface area contributed by atoms with Crippen molar-refractivity contribution in [2.24, 2.45) is 0 Å². The first-order chi connectivity index (χ1) is 8.81. The maximum atomic E-state index is 5.07. The molecule has 0 amide bonds. The number of hydrogen-bond donors (Lipinski definition) is 1. The quantitative estimate of drug-likeness (QED) is 0.866. The van der Waals surface area contributed by atoms with Gasteiger partial charge in [-0.1, -0.05) is 6.07 Å². The highest BCUT2D eigenvalue weighted by molar-refractivity contribution is 5.36. The first kappa shape index (κ1) is 12.4. The molecular weight excluding hydrogens is 228 g/mol. The lowest BCUT2D eigenvalue weighted by Crippen LogP contribution is -2.05. The minimum atomic E-state index is 0.412. The molecule has 2 rings (SSSR count). The van der Waals surface area contributed by atoms with Crippen LogP contribution in [0.2, 0.25) is 0 Å². The molecule has 0 saturated heterocycles. The van der Waals surface area contributed by atoms with Crippen molar-refractivity contribution in [2.75, 3.05) is 19.5 Å². The van der Waals surface area contributed by atoms with Crippen molar-refractivity contribution in [1.82, 2.24) is 15.0 Å². The molecule has 0 saturated carbocycles. The van der Waals surface area contributed by atoms with E-state index in [1.807, 2.05) is 31.4 Å². The summed E-state index contributed by atoms with van der Waals surface area (Å²) in [7, 11) is 3.48. The van der Waals surface area contributed by atoms with Gasteiger partial charge in [0.1, 0.15) is 12.4 Å². The Morgan fingerprint density at radius 1 is 1.33 bits per heavy atom. The van der Waals surface area contributed by atoms with Gasteiger partial charge in [0.2, 0.25) is 0 Å². The van der Waals surface area contributed by atoms with E-state index < -0.39 is 0 Å². The number of aromatic nitrogens is 3. The van der Waals surface area contributed by atoms with Crippen molar-refractivity contribution < 1.29 is 4.74 Å². The second-order valence-electron chi connectivity index (χ2n) is 3.88. The van der Waals surface area contributed by atoms with Crippen LogP contribution in [0.15, 0.2) is 30.6 Å². The predicted molar refractivity (Wildman–Crippen MR) is 69.3 cm³/mol. The van der Waals surface area contributed by atoms with Crippen molar-refractivity contribution in [1.29, 1.82) is 0 Å². The van der Waals surface area contributed by atoms with Gasteiger partial charge in [-0.15, -0.1) is 0 Å². The average molecular weight is 244 g/mol. The number of nitrogens with zero attached hydrogens (tertiary/aromatic N) is 3. The van der Waals surface area contributed by atoms with E-state index in [0.717, 1.165) is 23.5 Å². The molecule has 0 aliphatic carbocycles. The van der Waals surface area contributed by atoms with Crippen molar-refractivity contribution in [3.8, 4) is 0 Å². The van der Waals surface area contributed by atoms with Crippen molar-refractivity contribution in [3.63, 3.8) is 0 Å². The highest BCUT2D eigenvalue weighted by Gasteiger charge is 2.04. The van der Waals surface area contributed by atoms with Crippen LogP contribution in [-0.4, -0.2) is 29.1 Å². The molecule has 5 nitrogen and oxygen atoms in total. The molecule has 2 heterocycles. The molecule has 0 atom stereocenters. The highest BCUT2D eigenvalue weighted by Crippen LogP contribution is 2.11. The fourth-order valence-electron chi connectivity index (χ4n) is 1.68.